The van der Waals surface area contributed by atoms with Gasteiger partial charge in [-0.15, -0.1) is 0 Å². The monoisotopic (exact) mass is 302 g/mol. The van der Waals surface area contributed by atoms with E-state index in [9.17, 15) is 0 Å². The van der Waals surface area contributed by atoms with Crippen LogP contribution >= 0.6 is 11.6 Å². The summed E-state index contributed by atoms with van der Waals surface area (Å²) in [6.45, 7) is 9.06. The van der Waals surface area contributed by atoms with Crippen molar-refractivity contribution in [2.45, 2.75) is 65.1 Å². The van der Waals surface area contributed by atoms with Gasteiger partial charge in [0.2, 0.25) is 0 Å². The second-order valence-corrected chi connectivity index (χ2v) is 5.55. The maximum atomic E-state index is 6.45. The zero-order chi connectivity index (χ0) is 15.3. The number of nitrogens with zero attached hydrogens (tertiary/aromatic N) is 2. The highest BCUT2D eigenvalue weighted by Crippen LogP contribution is 2.27. The molecular weight excluding hydrogens is 276 g/mol. The lowest BCUT2D eigenvalue weighted by molar-refractivity contribution is -0.0292. The van der Waals surface area contributed by atoms with Gasteiger partial charge in [-0.05, 0) is 26.7 Å². The van der Waals surface area contributed by atoms with E-state index >= 15 is 0 Å². The molecule has 1 aromatic rings. The summed E-state index contributed by atoms with van der Waals surface area (Å²) in [6.07, 6.45) is 2.38. The van der Waals surface area contributed by atoms with Crippen LogP contribution < -0.4 is 11.3 Å². The summed E-state index contributed by atoms with van der Waals surface area (Å²) in [5.41, 5.74) is 4.49. The van der Waals surface area contributed by atoms with Crippen LogP contribution in [0.2, 0.25) is 5.02 Å². The Kier molecular flexibility index (Phi) is 6.45. The van der Waals surface area contributed by atoms with Crippen LogP contribution in [0.25, 0.3) is 0 Å². The van der Waals surface area contributed by atoms with E-state index in [-0.39, 0.29) is 11.6 Å². The standard InChI is InChI=1S/C14H27ClN4O/c1-6-10-13(15)11(19(8-3)18-10)9-12(17-16)14(4,7-2)20-5/h12,17H,6-9,16H2,1-5H3. The van der Waals surface area contributed by atoms with Gasteiger partial charge in [-0.3, -0.25) is 16.0 Å². The van der Waals surface area contributed by atoms with Crippen LogP contribution in [0.4, 0.5) is 0 Å². The van der Waals surface area contributed by atoms with Crippen LogP contribution in [0, 0.1) is 0 Å². The quantitative estimate of drug-likeness (QED) is 0.571. The lowest BCUT2D eigenvalue weighted by Crippen LogP contribution is -2.54. The number of rotatable bonds is 8. The molecule has 20 heavy (non-hydrogen) atoms. The third kappa shape index (κ3) is 3.34. The summed E-state index contributed by atoms with van der Waals surface area (Å²) in [5, 5.41) is 5.30. The number of hydrogen-bond donors (Lipinski definition) is 2. The van der Waals surface area contributed by atoms with E-state index in [1.807, 2.05) is 4.68 Å². The molecule has 116 valence electrons. The fraction of sp³-hybridized carbons (Fsp3) is 0.786. The maximum Gasteiger partial charge on any atom is 0.0850 e. The van der Waals surface area contributed by atoms with E-state index in [4.69, 9.17) is 22.2 Å². The van der Waals surface area contributed by atoms with Crippen molar-refractivity contribution in [3.05, 3.63) is 16.4 Å². The van der Waals surface area contributed by atoms with Gasteiger partial charge in [0.1, 0.15) is 0 Å². The normalized spacial score (nSPS) is 16.1. The molecule has 0 fully saturated rings. The zero-order valence-corrected chi connectivity index (χ0v) is 13.9. The first kappa shape index (κ1) is 17.4. The molecule has 2 atom stereocenters. The van der Waals surface area contributed by atoms with Crippen molar-refractivity contribution in [1.82, 2.24) is 15.2 Å². The first-order valence-electron chi connectivity index (χ1n) is 7.22. The Morgan fingerprint density at radius 3 is 2.50 bits per heavy atom. The molecule has 0 saturated carbocycles. The number of aryl methyl sites for hydroxylation is 2. The highest BCUT2D eigenvalue weighted by molar-refractivity contribution is 6.31. The molecular formula is C14H27ClN4O. The van der Waals surface area contributed by atoms with Crippen LogP contribution in [0.5, 0.6) is 0 Å². The number of nitrogens with one attached hydrogen (secondary N) is 1. The van der Waals surface area contributed by atoms with Gasteiger partial charge in [0.15, 0.2) is 0 Å². The number of ether oxygens (including phenoxy) is 1. The Morgan fingerprint density at radius 1 is 1.45 bits per heavy atom. The molecule has 0 bridgehead atoms. The van der Waals surface area contributed by atoms with E-state index in [1.165, 1.54) is 0 Å². The molecule has 1 aromatic heterocycles. The number of methoxy groups -OCH3 is 1. The van der Waals surface area contributed by atoms with Crippen molar-refractivity contribution in [3.63, 3.8) is 0 Å². The smallest absolute Gasteiger partial charge is 0.0850 e. The lowest BCUT2D eigenvalue weighted by Gasteiger charge is -2.35. The largest absolute Gasteiger partial charge is 0.377 e. The number of nitrogens with two attached hydrogens (primary N) is 1. The molecule has 0 radical (unpaired) electrons. The van der Waals surface area contributed by atoms with Gasteiger partial charge in [0.25, 0.3) is 0 Å². The number of hydrazine groups is 1. The molecule has 2 unspecified atom stereocenters. The fourth-order valence-corrected chi connectivity index (χ4v) is 2.74. The second-order valence-electron chi connectivity index (χ2n) is 5.17. The summed E-state index contributed by atoms with van der Waals surface area (Å²) >= 11 is 6.45. The highest BCUT2D eigenvalue weighted by atomic mass is 35.5. The van der Waals surface area contributed by atoms with Gasteiger partial charge in [0.05, 0.1) is 28.1 Å². The van der Waals surface area contributed by atoms with E-state index < -0.39 is 0 Å². The van der Waals surface area contributed by atoms with E-state index in [1.54, 1.807) is 7.11 Å². The van der Waals surface area contributed by atoms with E-state index in [2.05, 4.69) is 38.2 Å². The van der Waals surface area contributed by atoms with Gasteiger partial charge in [-0.2, -0.15) is 5.10 Å². The average molecular weight is 303 g/mol. The second kappa shape index (κ2) is 7.41. The SMILES string of the molecule is CCc1nn(CC)c(CC(NN)C(C)(CC)OC)c1Cl. The predicted octanol–water partition coefficient (Wildman–Crippen LogP) is 2.31. The van der Waals surface area contributed by atoms with Gasteiger partial charge in [-0.25, -0.2) is 0 Å². The molecule has 0 aromatic carbocycles. The Labute approximate surface area is 126 Å². The zero-order valence-electron chi connectivity index (χ0n) is 13.2. The van der Waals surface area contributed by atoms with Crippen molar-refractivity contribution < 1.29 is 4.74 Å². The van der Waals surface area contributed by atoms with Crippen LogP contribution in [0.15, 0.2) is 0 Å². The average Bonchev–Trinajstić information content (AvgIpc) is 2.79. The summed E-state index contributed by atoms with van der Waals surface area (Å²) in [7, 11) is 1.71. The first-order valence-corrected chi connectivity index (χ1v) is 7.60. The number of hydrogen-bond acceptors (Lipinski definition) is 4. The van der Waals surface area contributed by atoms with Crippen LogP contribution in [-0.2, 0) is 24.1 Å². The van der Waals surface area contributed by atoms with Crippen molar-refractivity contribution in [1.29, 1.82) is 0 Å². The third-order valence-electron chi connectivity index (χ3n) is 4.20. The summed E-state index contributed by atoms with van der Waals surface area (Å²) in [5.74, 6) is 5.74. The molecule has 0 aliphatic heterocycles. The molecule has 0 aliphatic carbocycles. The summed E-state index contributed by atoms with van der Waals surface area (Å²) in [4.78, 5) is 0. The summed E-state index contributed by atoms with van der Waals surface area (Å²) < 4.78 is 7.60. The van der Waals surface area contributed by atoms with Crippen molar-refractivity contribution in [3.8, 4) is 0 Å². The minimum Gasteiger partial charge on any atom is -0.377 e. The number of halogens is 1. The molecule has 1 rings (SSSR count). The van der Waals surface area contributed by atoms with E-state index in [0.29, 0.717) is 6.42 Å². The Hall–Kier alpha value is -0.620. The summed E-state index contributed by atoms with van der Waals surface area (Å²) in [6, 6.07) is -0.0262. The van der Waals surface area contributed by atoms with Crippen molar-refractivity contribution in [2.75, 3.05) is 7.11 Å². The Balaban J connectivity index is 3.09. The molecule has 0 spiro atoms. The fourth-order valence-electron chi connectivity index (χ4n) is 2.39. The van der Waals surface area contributed by atoms with Crippen molar-refractivity contribution in [2.24, 2.45) is 5.84 Å². The molecule has 0 aliphatic rings. The molecule has 0 amide bonds. The van der Waals surface area contributed by atoms with Gasteiger partial charge < -0.3 is 4.74 Å². The van der Waals surface area contributed by atoms with Gasteiger partial charge in [-0.1, -0.05) is 25.4 Å². The first-order chi connectivity index (χ1) is 9.47. The van der Waals surface area contributed by atoms with Crippen molar-refractivity contribution >= 4 is 11.6 Å². The minimum atomic E-state index is -0.340. The third-order valence-corrected chi connectivity index (χ3v) is 4.63. The van der Waals surface area contributed by atoms with Crippen LogP contribution in [0.3, 0.4) is 0 Å². The Morgan fingerprint density at radius 2 is 2.10 bits per heavy atom. The van der Waals surface area contributed by atoms with E-state index in [0.717, 1.165) is 35.8 Å². The molecule has 3 N–H and O–H groups in total. The molecule has 6 heteroatoms. The topological polar surface area (TPSA) is 65.1 Å². The minimum absolute atomic E-state index is 0.0262. The number of aromatic nitrogens is 2. The lowest BCUT2D eigenvalue weighted by atomic mass is 9.90. The van der Waals surface area contributed by atoms with Gasteiger partial charge in [0, 0.05) is 20.1 Å². The predicted molar refractivity (Wildman–Crippen MR) is 82.8 cm³/mol. The van der Waals surface area contributed by atoms with Crippen LogP contribution in [0.1, 0.15) is 45.5 Å². The molecule has 0 saturated heterocycles. The Bertz CT molecular complexity index is 429. The maximum absolute atomic E-state index is 6.45. The molecule has 1 heterocycles. The highest BCUT2D eigenvalue weighted by Gasteiger charge is 2.33. The van der Waals surface area contributed by atoms with Crippen LogP contribution in [-0.4, -0.2) is 28.5 Å². The molecule has 5 nitrogen and oxygen atoms in total. The van der Waals surface area contributed by atoms with Gasteiger partial charge >= 0.3 is 0 Å².